The van der Waals surface area contributed by atoms with E-state index in [1.165, 1.54) is 6.08 Å². The topological polar surface area (TPSA) is 101 Å². The summed E-state index contributed by atoms with van der Waals surface area (Å²) in [6.07, 6.45) is 4.09. The number of rotatable bonds is 3. The molecular formula is C35H29NO5. The van der Waals surface area contributed by atoms with Crippen molar-refractivity contribution in [2.75, 3.05) is 0 Å². The molecule has 6 nitrogen and oxygen atoms in total. The highest BCUT2D eigenvalue weighted by Gasteiger charge is 2.65. The van der Waals surface area contributed by atoms with Gasteiger partial charge in [0, 0.05) is 23.0 Å². The van der Waals surface area contributed by atoms with Gasteiger partial charge in [-0.05, 0) is 48.4 Å². The molecule has 4 aliphatic rings. The summed E-state index contributed by atoms with van der Waals surface area (Å²) < 4.78 is 0. The van der Waals surface area contributed by atoms with E-state index in [4.69, 9.17) is 0 Å². The number of aromatic hydroxyl groups is 1. The second kappa shape index (κ2) is 9.23. The molecule has 41 heavy (non-hydrogen) atoms. The minimum atomic E-state index is -1.34. The SMILES string of the molecule is Cc1cccc([C@H]2C3=CC[C@@H]4C(=O)NC(=O)[C@@H]4[C@@H]3C[C@H]3C(=O)C(c4ccccc4)=CC(=O)[C@@]23c2ccccc2)c1O. The molecule has 1 heterocycles. The molecule has 2 fully saturated rings. The van der Waals surface area contributed by atoms with Crippen LogP contribution in [0.25, 0.3) is 5.57 Å². The molecule has 1 saturated carbocycles. The molecule has 0 unspecified atom stereocenters. The first-order valence-corrected chi connectivity index (χ1v) is 14.1. The first-order chi connectivity index (χ1) is 19.8. The van der Waals surface area contributed by atoms with Crippen LogP contribution in [0.3, 0.4) is 0 Å². The molecule has 3 aliphatic carbocycles. The van der Waals surface area contributed by atoms with Gasteiger partial charge < -0.3 is 5.11 Å². The molecule has 1 saturated heterocycles. The van der Waals surface area contributed by atoms with Crippen molar-refractivity contribution in [1.29, 1.82) is 0 Å². The lowest BCUT2D eigenvalue weighted by Gasteiger charge is -2.55. The predicted octanol–water partition coefficient (Wildman–Crippen LogP) is 4.81. The van der Waals surface area contributed by atoms with Crippen molar-refractivity contribution in [2.45, 2.75) is 31.1 Å². The van der Waals surface area contributed by atoms with Gasteiger partial charge in [-0.15, -0.1) is 0 Å². The third-order valence-electron chi connectivity index (χ3n) is 9.80. The third kappa shape index (κ3) is 3.49. The van der Waals surface area contributed by atoms with E-state index >= 15 is 0 Å². The Balaban J connectivity index is 1.55. The number of phenolic OH excluding ortho intramolecular Hbond substituents is 1. The highest BCUT2D eigenvalue weighted by molar-refractivity contribution is 6.31. The Bertz CT molecular complexity index is 1690. The van der Waals surface area contributed by atoms with E-state index in [1.807, 2.05) is 78.9 Å². The standard InChI is InChI=1S/C35H29NO5/c1-19-9-8-14-24(31(19)38)30-22-15-16-23-29(34(41)36-33(23)40)26(22)17-27-32(39)25(20-10-4-2-5-11-20)18-28(37)35(27,30)21-12-6-3-7-13-21/h2-15,18,23,26-27,29-30,38H,16-17H2,1H3,(H,36,40,41)/t23-,26+,27-,29-,30+,35-/m0/s1. The average molecular weight is 544 g/mol. The van der Waals surface area contributed by atoms with Gasteiger partial charge in [0.2, 0.25) is 11.8 Å². The number of carbonyl (C=O) groups excluding carboxylic acids is 4. The normalized spacial score (nSPS) is 30.5. The van der Waals surface area contributed by atoms with Gasteiger partial charge in [0.1, 0.15) is 5.75 Å². The Morgan fingerprint density at radius 1 is 0.829 bits per heavy atom. The maximum atomic E-state index is 14.8. The number of ketones is 2. The highest BCUT2D eigenvalue weighted by atomic mass is 16.3. The van der Waals surface area contributed by atoms with Crippen LogP contribution in [0.15, 0.2) is 96.6 Å². The van der Waals surface area contributed by atoms with Gasteiger partial charge in [0.25, 0.3) is 0 Å². The predicted molar refractivity (Wildman–Crippen MR) is 153 cm³/mol. The van der Waals surface area contributed by atoms with E-state index in [1.54, 1.807) is 13.0 Å². The number of phenols is 1. The van der Waals surface area contributed by atoms with Crippen LogP contribution in [0.2, 0.25) is 0 Å². The molecule has 3 aromatic rings. The largest absolute Gasteiger partial charge is 0.507 e. The van der Waals surface area contributed by atoms with Crippen LogP contribution in [0.5, 0.6) is 5.75 Å². The summed E-state index contributed by atoms with van der Waals surface area (Å²) in [6, 6.07) is 24.0. The number of hydrogen-bond acceptors (Lipinski definition) is 5. The van der Waals surface area contributed by atoms with Crippen molar-refractivity contribution in [1.82, 2.24) is 5.32 Å². The van der Waals surface area contributed by atoms with Gasteiger partial charge in [-0.2, -0.15) is 0 Å². The lowest BCUT2D eigenvalue weighted by Crippen LogP contribution is -2.58. The van der Waals surface area contributed by atoms with E-state index in [-0.39, 0.29) is 35.6 Å². The molecule has 0 aromatic heterocycles. The fourth-order valence-corrected chi connectivity index (χ4v) is 8.04. The molecule has 3 aromatic carbocycles. The van der Waals surface area contributed by atoms with E-state index in [0.29, 0.717) is 34.2 Å². The van der Waals surface area contributed by atoms with Crippen molar-refractivity contribution >= 4 is 29.0 Å². The van der Waals surface area contributed by atoms with Crippen molar-refractivity contribution in [3.8, 4) is 5.75 Å². The first kappa shape index (κ1) is 25.4. The van der Waals surface area contributed by atoms with E-state index in [9.17, 15) is 24.3 Å². The minimum absolute atomic E-state index is 0.0697. The van der Waals surface area contributed by atoms with Crippen molar-refractivity contribution in [3.05, 3.63) is 119 Å². The average Bonchev–Trinajstić information content (AvgIpc) is 3.29. The number of aryl methyl sites for hydroxylation is 1. The van der Waals surface area contributed by atoms with Crippen LogP contribution >= 0.6 is 0 Å². The molecule has 1 aliphatic heterocycles. The zero-order valence-corrected chi connectivity index (χ0v) is 22.5. The zero-order valence-electron chi connectivity index (χ0n) is 22.5. The van der Waals surface area contributed by atoms with Gasteiger partial charge in [-0.3, -0.25) is 24.5 Å². The van der Waals surface area contributed by atoms with E-state index in [0.717, 1.165) is 5.57 Å². The quantitative estimate of drug-likeness (QED) is 0.365. The zero-order chi connectivity index (χ0) is 28.5. The Hall–Kier alpha value is -4.58. The smallest absolute Gasteiger partial charge is 0.231 e. The van der Waals surface area contributed by atoms with Gasteiger partial charge in [-0.1, -0.05) is 90.5 Å². The Morgan fingerprint density at radius 3 is 2.27 bits per heavy atom. The second-order valence-electron chi connectivity index (χ2n) is 11.7. The Morgan fingerprint density at radius 2 is 1.54 bits per heavy atom. The summed E-state index contributed by atoms with van der Waals surface area (Å²) in [5, 5.41) is 14.0. The third-order valence-corrected chi connectivity index (χ3v) is 9.80. The molecule has 0 bridgehead atoms. The maximum absolute atomic E-state index is 14.8. The summed E-state index contributed by atoms with van der Waals surface area (Å²) in [5.74, 6) is -4.00. The first-order valence-electron chi connectivity index (χ1n) is 14.1. The molecular weight excluding hydrogens is 514 g/mol. The van der Waals surface area contributed by atoms with Gasteiger partial charge >= 0.3 is 0 Å². The molecule has 204 valence electrons. The summed E-state index contributed by atoms with van der Waals surface area (Å²) in [6.45, 7) is 1.81. The van der Waals surface area contributed by atoms with Gasteiger partial charge in [-0.25, -0.2) is 0 Å². The number of nitrogens with one attached hydrogen (secondary N) is 1. The molecule has 0 radical (unpaired) electrons. The molecule has 6 heteroatoms. The van der Waals surface area contributed by atoms with Crippen LogP contribution in [-0.2, 0) is 24.6 Å². The fraction of sp³-hybridized carbons (Fsp3) is 0.257. The number of benzene rings is 3. The van der Waals surface area contributed by atoms with E-state index < -0.39 is 35.0 Å². The maximum Gasteiger partial charge on any atom is 0.231 e. The van der Waals surface area contributed by atoms with Crippen LogP contribution in [0.4, 0.5) is 0 Å². The summed E-state index contributed by atoms with van der Waals surface area (Å²) in [7, 11) is 0. The number of allylic oxidation sites excluding steroid dienone is 4. The lowest BCUT2D eigenvalue weighted by atomic mass is 9.44. The number of fused-ring (bicyclic) bond motifs is 4. The van der Waals surface area contributed by atoms with Crippen LogP contribution in [-0.4, -0.2) is 28.5 Å². The number of Topliss-reactive ketones (excluding diaryl/α,β-unsaturated/α-hetero) is 1. The van der Waals surface area contributed by atoms with E-state index in [2.05, 4.69) is 5.32 Å². The molecule has 6 atom stereocenters. The lowest BCUT2D eigenvalue weighted by molar-refractivity contribution is -0.135. The fourth-order valence-electron chi connectivity index (χ4n) is 8.04. The van der Waals surface area contributed by atoms with Crippen molar-refractivity contribution in [3.63, 3.8) is 0 Å². The molecule has 0 spiro atoms. The summed E-state index contributed by atoms with van der Waals surface area (Å²) in [5.41, 5.74) is 2.43. The molecule has 2 amide bonds. The monoisotopic (exact) mass is 543 g/mol. The number of amides is 2. The van der Waals surface area contributed by atoms with Crippen molar-refractivity contribution in [2.24, 2.45) is 23.7 Å². The van der Waals surface area contributed by atoms with Gasteiger partial charge in [0.15, 0.2) is 11.6 Å². The Labute approximate surface area is 237 Å². The number of imide groups is 1. The second-order valence-corrected chi connectivity index (χ2v) is 11.7. The Kier molecular flexibility index (Phi) is 5.72. The number of carbonyl (C=O) groups is 4. The van der Waals surface area contributed by atoms with Crippen LogP contribution in [0, 0.1) is 30.6 Å². The summed E-state index contributed by atoms with van der Waals surface area (Å²) in [4.78, 5) is 55.4. The van der Waals surface area contributed by atoms with Gasteiger partial charge in [0.05, 0.1) is 17.3 Å². The van der Waals surface area contributed by atoms with Crippen LogP contribution < -0.4 is 5.32 Å². The molecule has 7 rings (SSSR count). The van der Waals surface area contributed by atoms with Crippen molar-refractivity contribution < 1.29 is 24.3 Å². The van der Waals surface area contributed by atoms with Crippen LogP contribution in [0.1, 0.15) is 41.0 Å². The number of hydrogen-bond donors (Lipinski definition) is 2. The number of para-hydroxylation sites is 1. The summed E-state index contributed by atoms with van der Waals surface area (Å²) >= 11 is 0. The highest BCUT2D eigenvalue weighted by Crippen LogP contribution is 2.64. The minimum Gasteiger partial charge on any atom is -0.507 e. The molecule has 2 N–H and O–H groups in total.